The second kappa shape index (κ2) is 3.94. The second-order valence-corrected chi connectivity index (χ2v) is 4.89. The van der Waals surface area contributed by atoms with Crippen LogP contribution in [0.15, 0.2) is 10.5 Å². The first-order chi connectivity index (χ1) is 5.22. The first-order valence-electron chi connectivity index (χ1n) is 3.21. The third kappa shape index (κ3) is 2.69. The van der Waals surface area contributed by atoms with Crippen molar-refractivity contribution in [1.29, 1.82) is 0 Å². The second-order valence-electron chi connectivity index (χ2n) is 2.14. The number of hydrogen-bond donors (Lipinski definition) is 2. The molecule has 0 spiro atoms. The average molecular weight is 190 g/mol. The molecular weight excluding hydrogens is 180 g/mol. The molecular formula is C6H10N2OS2. The lowest BCUT2D eigenvalue weighted by Crippen LogP contribution is -2.00. The van der Waals surface area contributed by atoms with Crippen molar-refractivity contribution in [3.05, 3.63) is 6.20 Å². The van der Waals surface area contributed by atoms with Gasteiger partial charge in [-0.1, -0.05) is 30.0 Å². The average Bonchev–Trinajstić information content (AvgIpc) is 2.35. The Balaban J connectivity index is 2.50. The molecule has 62 valence electrons. The molecule has 0 aliphatic carbocycles. The van der Waals surface area contributed by atoms with Crippen molar-refractivity contribution in [2.45, 2.75) is 16.5 Å². The summed E-state index contributed by atoms with van der Waals surface area (Å²) in [5, 5.41) is 9.64. The van der Waals surface area contributed by atoms with Gasteiger partial charge in [0.1, 0.15) is 5.00 Å². The number of rotatable bonds is 3. The Labute approximate surface area is 73.6 Å². The quantitative estimate of drug-likeness (QED) is 0.703. The van der Waals surface area contributed by atoms with E-state index in [1.807, 2.05) is 6.92 Å². The van der Waals surface area contributed by atoms with Crippen molar-refractivity contribution >= 4 is 28.1 Å². The van der Waals surface area contributed by atoms with Crippen LogP contribution in [-0.4, -0.2) is 21.9 Å². The van der Waals surface area contributed by atoms with Crippen LogP contribution in [0.3, 0.4) is 0 Å². The summed E-state index contributed by atoms with van der Waals surface area (Å²) in [7, 11) is 0. The van der Waals surface area contributed by atoms with E-state index in [1.54, 1.807) is 18.0 Å². The molecule has 1 aromatic rings. The van der Waals surface area contributed by atoms with Crippen LogP contribution in [0, 0.1) is 0 Å². The number of nitrogens with two attached hydrogens (primary N) is 1. The molecule has 1 unspecified atom stereocenters. The zero-order valence-corrected chi connectivity index (χ0v) is 7.78. The van der Waals surface area contributed by atoms with Gasteiger partial charge in [-0.2, -0.15) is 0 Å². The van der Waals surface area contributed by atoms with Crippen LogP contribution < -0.4 is 5.73 Å². The summed E-state index contributed by atoms with van der Waals surface area (Å²) in [5.41, 5.74) is 5.48. The molecule has 0 fully saturated rings. The maximum Gasteiger partial charge on any atom is 0.152 e. The van der Waals surface area contributed by atoms with Crippen LogP contribution in [0.25, 0.3) is 0 Å². The van der Waals surface area contributed by atoms with Crippen LogP contribution in [0.2, 0.25) is 0 Å². The topological polar surface area (TPSA) is 59.1 Å². The molecule has 0 aromatic carbocycles. The summed E-state index contributed by atoms with van der Waals surface area (Å²) in [6, 6.07) is 0. The molecule has 0 saturated heterocycles. The lowest BCUT2D eigenvalue weighted by molar-refractivity contribution is 0.300. The highest BCUT2D eigenvalue weighted by molar-refractivity contribution is 8.01. The smallest absolute Gasteiger partial charge is 0.152 e. The van der Waals surface area contributed by atoms with E-state index in [0.717, 1.165) is 9.34 Å². The molecule has 11 heavy (non-hydrogen) atoms. The molecule has 3 nitrogen and oxygen atoms in total. The van der Waals surface area contributed by atoms with Gasteiger partial charge in [-0.3, -0.25) is 0 Å². The molecule has 1 rings (SSSR count). The first-order valence-corrected chi connectivity index (χ1v) is 4.91. The molecule has 3 N–H and O–H groups in total. The van der Waals surface area contributed by atoms with Gasteiger partial charge in [0.05, 0.1) is 12.8 Å². The fourth-order valence-corrected chi connectivity index (χ4v) is 2.45. The zero-order valence-electron chi connectivity index (χ0n) is 6.15. The van der Waals surface area contributed by atoms with E-state index >= 15 is 0 Å². The minimum atomic E-state index is 0.171. The maximum atomic E-state index is 8.73. The Hall–Kier alpha value is -0.260. The van der Waals surface area contributed by atoms with Crippen molar-refractivity contribution in [3.8, 4) is 0 Å². The maximum absolute atomic E-state index is 8.73. The van der Waals surface area contributed by atoms with Gasteiger partial charge in [-0.15, -0.1) is 0 Å². The summed E-state index contributed by atoms with van der Waals surface area (Å²) in [6.45, 7) is 2.12. The highest BCUT2D eigenvalue weighted by Crippen LogP contribution is 2.28. The molecule has 0 aliphatic heterocycles. The van der Waals surface area contributed by atoms with Crippen molar-refractivity contribution in [3.63, 3.8) is 0 Å². The van der Waals surface area contributed by atoms with Crippen molar-refractivity contribution in [2.24, 2.45) is 0 Å². The van der Waals surface area contributed by atoms with Crippen molar-refractivity contribution in [2.75, 3.05) is 12.3 Å². The standard InChI is InChI=1S/C6H10N2OS2/c1-4(3-9)10-6-8-2-5(7)11-6/h2,4,9H,3,7H2,1H3. The predicted octanol–water partition coefficient (Wildman–Crippen LogP) is 1.20. The van der Waals surface area contributed by atoms with Gasteiger partial charge < -0.3 is 10.8 Å². The Morgan fingerprint density at radius 3 is 3.09 bits per heavy atom. The number of aliphatic hydroxyl groups excluding tert-OH is 1. The molecule has 0 radical (unpaired) electrons. The number of thiazole rings is 1. The number of anilines is 1. The summed E-state index contributed by atoms with van der Waals surface area (Å²) in [6.07, 6.45) is 1.64. The molecule has 0 aliphatic rings. The van der Waals surface area contributed by atoms with Gasteiger partial charge in [0.2, 0.25) is 0 Å². The SMILES string of the molecule is CC(CO)Sc1ncc(N)s1. The monoisotopic (exact) mass is 190 g/mol. The third-order valence-electron chi connectivity index (χ3n) is 1.06. The molecule has 5 heteroatoms. The van der Waals surface area contributed by atoms with Crippen LogP contribution in [0.1, 0.15) is 6.92 Å². The van der Waals surface area contributed by atoms with Gasteiger partial charge in [0.25, 0.3) is 0 Å². The number of nitrogens with zero attached hydrogens (tertiary/aromatic N) is 1. The Morgan fingerprint density at radius 2 is 2.64 bits per heavy atom. The van der Waals surface area contributed by atoms with Crippen molar-refractivity contribution in [1.82, 2.24) is 4.98 Å². The Kier molecular flexibility index (Phi) is 3.16. The van der Waals surface area contributed by atoms with Gasteiger partial charge in [0.15, 0.2) is 4.34 Å². The first kappa shape index (κ1) is 8.83. The van der Waals surface area contributed by atoms with E-state index < -0.39 is 0 Å². The molecule has 0 saturated carbocycles. The molecule has 1 aromatic heterocycles. The summed E-state index contributed by atoms with van der Waals surface area (Å²) in [4.78, 5) is 4.05. The van der Waals surface area contributed by atoms with Crippen molar-refractivity contribution < 1.29 is 5.11 Å². The number of hydrogen-bond acceptors (Lipinski definition) is 5. The molecule has 0 bridgehead atoms. The van der Waals surface area contributed by atoms with Crippen LogP contribution in [-0.2, 0) is 0 Å². The van der Waals surface area contributed by atoms with Crippen LogP contribution in [0.5, 0.6) is 0 Å². The van der Waals surface area contributed by atoms with Gasteiger partial charge in [0, 0.05) is 5.25 Å². The van der Waals surface area contributed by atoms with E-state index in [1.165, 1.54) is 11.3 Å². The minimum absolute atomic E-state index is 0.171. The molecule has 0 amide bonds. The Bertz CT molecular complexity index is 226. The Morgan fingerprint density at radius 1 is 1.91 bits per heavy atom. The van der Waals surface area contributed by atoms with E-state index in [9.17, 15) is 0 Å². The summed E-state index contributed by atoms with van der Waals surface area (Å²) in [5.74, 6) is 0. The lowest BCUT2D eigenvalue weighted by Gasteiger charge is -2.02. The van der Waals surface area contributed by atoms with Gasteiger partial charge >= 0.3 is 0 Å². The normalized spacial score (nSPS) is 13.3. The fraction of sp³-hybridized carbons (Fsp3) is 0.500. The number of aromatic nitrogens is 1. The van der Waals surface area contributed by atoms with Gasteiger partial charge in [-0.25, -0.2) is 4.98 Å². The predicted molar refractivity (Wildman–Crippen MR) is 48.9 cm³/mol. The van der Waals surface area contributed by atoms with E-state index in [-0.39, 0.29) is 11.9 Å². The zero-order chi connectivity index (χ0) is 8.27. The summed E-state index contributed by atoms with van der Waals surface area (Å²) < 4.78 is 0.920. The molecule has 1 heterocycles. The number of thioether (sulfide) groups is 1. The number of nitrogen functional groups attached to an aromatic ring is 1. The van der Waals surface area contributed by atoms with E-state index in [0.29, 0.717) is 0 Å². The molecule has 1 atom stereocenters. The highest BCUT2D eigenvalue weighted by atomic mass is 32.2. The van der Waals surface area contributed by atoms with E-state index in [2.05, 4.69) is 4.98 Å². The third-order valence-corrected chi connectivity index (χ3v) is 3.08. The number of aliphatic hydroxyl groups is 1. The minimum Gasteiger partial charge on any atom is -0.395 e. The van der Waals surface area contributed by atoms with Crippen LogP contribution in [0.4, 0.5) is 5.00 Å². The largest absolute Gasteiger partial charge is 0.395 e. The lowest BCUT2D eigenvalue weighted by atomic mass is 10.5. The summed E-state index contributed by atoms with van der Waals surface area (Å²) >= 11 is 2.99. The highest BCUT2D eigenvalue weighted by Gasteiger charge is 2.05. The van der Waals surface area contributed by atoms with Gasteiger partial charge in [-0.05, 0) is 0 Å². The fourth-order valence-electron chi connectivity index (χ4n) is 0.534. The van der Waals surface area contributed by atoms with Crippen LogP contribution >= 0.6 is 23.1 Å². The van der Waals surface area contributed by atoms with E-state index in [4.69, 9.17) is 10.8 Å².